The van der Waals surface area contributed by atoms with Crippen molar-refractivity contribution >= 4 is 17.4 Å². The highest BCUT2D eigenvalue weighted by Gasteiger charge is 2.25. The maximum atomic E-state index is 12.7. The van der Waals surface area contributed by atoms with Crippen molar-refractivity contribution in [1.82, 2.24) is 4.90 Å². The van der Waals surface area contributed by atoms with Crippen molar-refractivity contribution in [3.05, 3.63) is 65.7 Å². The van der Waals surface area contributed by atoms with Crippen molar-refractivity contribution in [1.29, 1.82) is 0 Å². The number of ketones is 1. The number of hydrogen-bond acceptors (Lipinski definition) is 4. The molecule has 3 rings (SSSR count). The molecule has 2 N–H and O–H groups in total. The van der Waals surface area contributed by atoms with Crippen molar-refractivity contribution in [2.75, 3.05) is 31.1 Å². The van der Waals surface area contributed by atoms with Crippen LogP contribution in [0.2, 0.25) is 0 Å². The number of likely N-dealkylation sites (tertiary alicyclic amines) is 1. The highest BCUT2D eigenvalue weighted by atomic mass is 16.2. The van der Waals surface area contributed by atoms with Crippen LogP contribution in [0.15, 0.2) is 54.6 Å². The number of hydrogen-bond donors (Lipinski definition) is 1. The second-order valence-corrected chi connectivity index (χ2v) is 7.61. The van der Waals surface area contributed by atoms with Gasteiger partial charge in [-0.25, -0.2) is 0 Å². The quantitative estimate of drug-likeness (QED) is 0.765. The Kier molecular flexibility index (Phi) is 6.82. The molecule has 1 fully saturated rings. The van der Waals surface area contributed by atoms with E-state index in [0.717, 1.165) is 18.5 Å². The number of benzene rings is 2. The fourth-order valence-electron chi connectivity index (χ4n) is 3.60. The molecule has 0 spiro atoms. The van der Waals surface area contributed by atoms with Gasteiger partial charge in [-0.05, 0) is 37.5 Å². The van der Waals surface area contributed by atoms with Crippen LogP contribution in [0.3, 0.4) is 0 Å². The predicted octanol–water partition coefficient (Wildman–Crippen LogP) is 2.56. The normalized spacial score (nSPS) is 16.2. The average Bonchev–Trinajstić information content (AvgIpc) is 3.13. The summed E-state index contributed by atoms with van der Waals surface area (Å²) in [6.45, 7) is 3.79. The number of rotatable bonds is 8. The van der Waals surface area contributed by atoms with Gasteiger partial charge in [0.25, 0.3) is 0 Å². The van der Waals surface area contributed by atoms with E-state index in [9.17, 15) is 9.59 Å². The minimum absolute atomic E-state index is 0.0308. The lowest BCUT2D eigenvalue weighted by Crippen LogP contribution is -2.42. The van der Waals surface area contributed by atoms with Gasteiger partial charge in [0, 0.05) is 31.2 Å². The van der Waals surface area contributed by atoms with E-state index in [2.05, 4.69) is 25.1 Å². The Morgan fingerprint density at radius 1 is 1.11 bits per heavy atom. The van der Waals surface area contributed by atoms with Gasteiger partial charge in [-0.1, -0.05) is 48.0 Å². The molecule has 1 atom stereocenters. The van der Waals surface area contributed by atoms with Crippen LogP contribution in [0.1, 0.15) is 24.0 Å². The minimum atomic E-state index is 0.0308. The molecule has 0 bridgehead atoms. The standard InChI is InChI=1S/C23H29N3O2/c1-18-6-5-7-19(14-18)10-11-22(27)16-26(21-8-3-2-4-9-21)17-23(28)25-13-12-20(24)15-25/h2-9,14,20H,10-13,15-17,24H2,1H3. The molecule has 1 unspecified atom stereocenters. The number of carbonyl (C=O) groups is 2. The lowest BCUT2D eigenvalue weighted by Gasteiger charge is -2.26. The van der Waals surface area contributed by atoms with Crippen molar-refractivity contribution in [2.45, 2.75) is 32.2 Å². The molecule has 1 heterocycles. The summed E-state index contributed by atoms with van der Waals surface area (Å²) in [7, 11) is 0. The molecule has 148 valence electrons. The third-order valence-electron chi connectivity index (χ3n) is 5.17. The molecular weight excluding hydrogens is 350 g/mol. The molecule has 1 amide bonds. The summed E-state index contributed by atoms with van der Waals surface area (Å²) in [5, 5.41) is 0. The molecule has 5 heteroatoms. The summed E-state index contributed by atoms with van der Waals surface area (Å²) in [5.41, 5.74) is 9.19. The van der Waals surface area contributed by atoms with Gasteiger partial charge in [-0.3, -0.25) is 9.59 Å². The molecule has 1 aliphatic heterocycles. The number of nitrogens with zero attached hydrogens (tertiary/aromatic N) is 2. The van der Waals surface area contributed by atoms with E-state index in [1.54, 1.807) is 4.90 Å². The number of amides is 1. The first-order valence-electron chi connectivity index (χ1n) is 9.92. The lowest BCUT2D eigenvalue weighted by atomic mass is 10.1. The van der Waals surface area contributed by atoms with Gasteiger partial charge in [0.2, 0.25) is 5.91 Å². The maximum absolute atomic E-state index is 12.7. The van der Waals surface area contributed by atoms with Crippen molar-refractivity contribution < 1.29 is 9.59 Å². The Morgan fingerprint density at radius 3 is 2.57 bits per heavy atom. The Hall–Kier alpha value is -2.66. The number of anilines is 1. The Labute approximate surface area is 167 Å². The van der Waals surface area contributed by atoms with Gasteiger partial charge in [-0.2, -0.15) is 0 Å². The second kappa shape index (κ2) is 9.51. The molecule has 0 aliphatic carbocycles. The van der Waals surface area contributed by atoms with Crippen LogP contribution in [-0.2, 0) is 16.0 Å². The molecule has 5 nitrogen and oxygen atoms in total. The fourth-order valence-corrected chi connectivity index (χ4v) is 3.60. The van der Waals surface area contributed by atoms with Gasteiger partial charge < -0.3 is 15.5 Å². The van der Waals surface area contributed by atoms with Crippen LogP contribution >= 0.6 is 0 Å². The van der Waals surface area contributed by atoms with Crippen LogP contribution in [0.25, 0.3) is 0 Å². The van der Waals surface area contributed by atoms with E-state index in [-0.39, 0.29) is 30.8 Å². The third kappa shape index (κ3) is 5.67. The zero-order chi connectivity index (χ0) is 19.9. The van der Waals surface area contributed by atoms with E-state index in [1.165, 1.54) is 11.1 Å². The third-order valence-corrected chi connectivity index (χ3v) is 5.17. The second-order valence-electron chi connectivity index (χ2n) is 7.61. The number of para-hydroxylation sites is 1. The van der Waals surface area contributed by atoms with E-state index < -0.39 is 0 Å². The first kappa shape index (κ1) is 20.1. The Morgan fingerprint density at radius 2 is 1.89 bits per heavy atom. The summed E-state index contributed by atoms with van der Waals surface area (Å²) >= 11 is 0. The van der Waals surface area contributed by atoms with Gasteiger partial charge >= 0.3 is 0 Å². The SMILES string of the molecule is Cc1cccc(CCC(=O)CN(CC(=O)N2CCC(N)C2)c2ccccc2)c1. The number of aryl methyl sites for hydroxylation is 2. The van der Waals surface area contributed by atoms with Gasteiger partial charge in [0.1, 0.15) is 0 Å². The zero-order valence-corrected chi connectivity index (χ0v) is 16.5. The predicted molar refractivity (Wildman–Crippen MR) is 112 cm³/mol. The summed E-state index contributed by atoms with van der Waals surface area (Å²) < 4.78 is 0. The number of nitrogens with two attached hydrogens (primary N) is 1. The molecule has 1 aliphatic rings. The van der Waals surface area contributed by atoms with Crippen LogP contribution in [0, 0.1) is 6.92 Å². The average molecular weight is 380 g/mol. The highest BCUT2D eigenvalue weighted by Crippen LogP contribution is 2.16. The molecule has 2 aromatic carbocycles. The molecule has 2 aromatic rings. The van der Waals surface area contributed by atoms with E-state index >= 15 is 0 Å². The van der Waals surface area contributed by atoms with Crippen LogP contribution < -0.4 is 10.6 Å². The topological polar surface area (TPSA) is 66.6 Å². The number of Topliss-reactive ketones (excluding diaryl/α,β-unsaturated/α-hetero) is 1. The first-order chi connectivity index (χ1) is 13.5. The van der Waals surface area contributed by atoms with Gasteiger partial charge in [-0.15, -0.1) is 0 Å². The monoisotopic (exact) mass is 379 g/mol. The van der Waals surface area contributed by atoms with E-state index in [0.29, 0.717) is 19.5 Å². The van der Waals surface area contributed by atoms with Crippen molar-refractivity contribution in [3.63, 3.8) is 0 Å². The smallest absolute Gasteiger partial charge is 0.242 e. The Balaban J connectivity index is 1.62. The number of carbonyl (C=O) groups excluding carboxylic acids is 2. The molecule has 0 aromatic heterocycles. The Bertz CT molecular complexity index is 807. The maximum Gasteiger partial charge on any atom is 0.242 e. The zero-order valence-electron chi connectivity index (χ0n) is 16.5. The molecule has 0 saturated carbocycles. The van der Waals surface area contributed by atoms with Crippen molar-refractivity contribution in [2.24, 2.45) is 5.73 Å². The summed E-state index contributed by atoms with van der Waals surface area (Å²) in [5.74, 6) is 0.166. The molecule has 28 heavy (non-hydrogen) atoms. The lowest BCUT2D eigenvalue weighted by molar-refractivity contribution is -0.128. The van der Waals surface area contributed by atoms with Crippen LogP contribution in [0.4, 0.5) is 5.69 Å². The first-order valence-corrected chi connectivity index (χ1v) is 9.92. The van der Waals surface area contributed by atoms with Crippen molar-refractivity contribution in [3.8, 4) is 0 Å². The van der Waals surface area contributed by atoms with Gasteiger partial charge in [0.15, 0.2) is 5.78 Å². The minimum Gasteiger partial charge on any atom is -0.355 e. The summed E-state index contributed by atoms with van der Waals surface area (Å²) in [6, 6.07) is 18.0. The van der Waals surface area contributed by atoms with E-state index in [4.69, 9.17) is 5.73 Å². The fraction of sp³-hybridized carbons (Fsp3) is 0.391. The van der Waals surface area contributed by atoms with Gasteiger partial charge in [0.05, 0.1) is 13.1 Å². The van der Waals surface area contributed by atoms with Crippen LogP contribution in [-0.4, -0.2) is 48.8 Å². The largest absolute Gasteiger partial charge is 0.355 e. The summed E-state index contributed by atoms with van der Waals surface area (Å²) in [6.07, 6.45) is 2.03. The molecular formula is C23H29N3O2. The van der Waals surface area contributed by atoms with Crippen LogP contribution in [0.5, 0.6) is 0 Å². The molecule has 1 saturated heterocycles. The highest BCUT2D eigenvalue weighted by molar-refractivity contribution is 5.87. The van der Waals surface area contributed by atoms with E-state index in [1.807, 2.05) is 41.3 Å². The summed E-state index contributed by atoms with van der Waals surface area (Å²) in [4.78, 5) is 29.0. The molecule has 0 radical (unpaired) electrons.